The second-order valence-electron chi connectivity index (χ2n) is 11.5. The van der Waals surface area contributed by atoms with Crippen molar-refractivity contribution in [2.45, 2.75) is 91.0 Å². The topological polar surface area (TPSA) is 57.9 Å². The zero-order valence-corrected chi connectivity index (χ0v) is 26.6. The van der Waals surface area contributed by atoms with Crippen molar-refractivity contribution in [3.63, 3.8) is 0 Å². The summed E-state index contributed by atoms with van der Waals surface area (Å²) in [4.78, 5) is 36.8. The van der Waals surface area contributed by atoms with E-state index in [0.29, 0.717) is 39.3 Å². The van der Waals surface area contributed by atoms with E-state index < -0.39 is 0 Å². The fourth-order valence-electron chi connectivity index (χ4n) is 5.93. The Morgan fingerprint density at radius 1 is 0.929 bits per heavy atom. The first-order chi connectivity index (χ1) is 20.5. The summed E-state index contributed by atoms with van der Waals surface area (Å²) in [5, 5.41) is 0. The molecule has 1 saturated heterocycles. The number of carbonyl (C=O) groups is 1. The summed E-state index contributed by atoms with van der Waals surface area (Å²) in [6.07, 6.45) is 16.8. The van der Waals surface area contributed by atoms with E-state index in [1.807, 2.05) is 19.1 Å². The minimum absolute atomic E-state index is 0.107. The fourth-order valence-corrected chi connectivity index (χ4v) is 7.22. The summed E-state index contributed by atoms with van der Waals surface area (Å²) in [7, 11) is 0. The van der Waals surface area contributed by atoms with Crippen molar-refractivity contribution in [3.05, 3.63) is 80.1 Å². The number of hydrogen-bond acceptors (Lipinski definition) is 6. The number of unbranched alkanes of at least 4 members (excludes halogenated alkanes) is 9. The van der Waals surface area contributed by atoms with Crippen LogP contribution >= 0.6 is 24.0 Å². The van der Waals surface area contributed by atoms with Crippen LogP contribution in [0.25, 0.3) is 11.7 Å². The van der Waals surface area contributed by atoms with Gasteiger partial charge in [0, 0.05) is 25.8 Å². The average molecular weight is 603 g/mol. The number of carbonyl (C=O) groups excluding carboxylic acids is 1. The van der Waals surface area contributed by atoms with Gasteiger partial charge in [-0.05, 0) is 48.6 Å². The quantitative estimate of drug-likeness (QED) is 0.114. The minimum Gasteiger partial charge on any atom is -0.351 e. The third-order valence-electron chi connectivity index (χ3n) is 8.38. The lowest BCUT2D eigenvalue weighted by Gasteiger charge is -2.31. The number of fused-ring (bicyclic) bond motifs is 2. The van der Waals surface area contributed by atoms with Crippen molar-refractivity contribution in [2.24, 2.45) is 0 Å². The van der Waals surface area contributed by atoms with Crippen LogP contribution in [0.15, 0.2) is 52.3 Å². The van der Waals surface area contributed by atoms with Crippen LogP contribution in [-0.2, 0) is 17.8 Å². The number of rotatable bonds is 13. The van der Waals surface area contributed by atoms with Gasteiger partial charge < -0.3 is 4.90 Å². The van der Waals surface area contributed by atoms with E-state index in [9.17, 15) is 9.59 Å². The van der Waals surface area contributed by atoms with Gasteiger partial charge in [-0.2, -0.15) is 0 Å². The molecule has 1 amide bonds. The Hall–Kier alpha value is -2.97. The highest BCUT2D eigenvalue weighted by molar-refractivity contribution is 8.26. The number of benzene rings is 1. The van der Waals surface area contributed by atoms with Crippen LogP contribution < -0.4 is 10.5 Å². The van der Waals surface area contributed by atoms with Crippen LogP contribution in [0, 0.1) is 6.92 Å². The number of aromatic nitrogens is 2. The molecule has 0 saturated carbocycles. The molecule has 4 heterocycles. The van der Waals surface area contributed by atoms with Crippen LogP contribution in [0.1, 0.15) is 93.4 Å². The van der Waals surface area contributed by atoms with Gasteiger partial charge in [-0.15, -0.1) is 0 Å². The van der Waals surface area contributed by atoms with Crippen molar-refractivity contribution in [1.29, 1.82) is 0 Å². The molecular weight excluding hydrogens is 561 g/mol. The maximum Gasteiger partial charge on any atom is 0.267 e. The second-order valence-corrected chi connectivity index (χ2v) is 13.2. The Balaban J connectivity index is 1.31. The molecule has 0 aliphatic carbocycles. The molecule has 6 nitrogen and oxygen atoms in total. The lowest BCUT2D eigenvalue weighted by molar-refractivity contribution is -0.122. The number of thioether (sulfide) groups is 1. The van der Waals surface area contributed by atoms with E-state index in [0.717, 1.165) is 31.4 Å². The molecule has 8 heteroatoms. The third kappa shape index (κ3) is 6.97. The van der Waals surface area contributed by atoms with Gasteiger partial charge in [0.1, 0.15) is 15.8 Å². The smallest absolute Gasteiger partial charge is 0.267 e. The van der Waals surface area contributed by atoms with Crippen molar-refractivity contribution in [2.75, 3.05) is 18.0 Å². The molecular formula is C34H42N4O2S2. The zero-order chi connectivity index (χ0) is 29.5. The van der Waals surface area contributed by atoms with E-state index >= 15 is 0 Å². The number of anilines is 1. The fraction of sp³-hybridized carbons (Fsp3) is 0.471. The Morgan fingerprint density at radius 3 is 2.36 bits per heavy atom. The van der Waals surface area contributed by atoms with Gasteiger partial charge in [0.25, 0.3) is 11.5 Å². The Kier molecular flexibility index (Phi) is 10.5. The molecule has 2 aliphatic rings. The summed E-state index contributed by atoms with van der Waals surface area (Å²) < 4.78 is 2.16. The van der Waals surface area contributed by atoms with Gasteiger partial charge in [0.05, 0.1) is 10.5 Å². The monoisotopic (exact) mass is 602 g/mol. The number of amides is 1. The first-order valence-electron chi connectivity index (χ1n) is 15.6. The number of aryl methyl sites for hydroxylation is 1. The highest BCUT2D eigenvalue weighted by atomic mass is 32.2. The average Bonchev–Trinajstić information content (AvgIpc) is 3.26. The predicted octanol–water partition coefficient (Wildman–Crippen LogP) is 7.69. The molecule has 1 aromatic carbocycles. The summed E-state index contributed by atoms with van der Waals surface area (Å²) in [6.45, 7) is 6.27. The first kappa shape index (κ1) is 30.5. The molecule has 0 bridgehead atoms. The number of nitrogens with zero attached hydrogens (tertiary/aromatic N) is 4. The molecule has 5 rings (SSSR count). The molecule has 0 atom stereocenters. The number of thiocarbonyl (C=S) groups is 1. The maximum atomic E-state index is 13.9. The standard InChI is InChI=1S/C34H42N4O2S2/c1-3-4-5-6-7-8-9-10-11-14-20-38-33(40)29(42-34(38)41)23-28-31(35-30-25(2)16-15-21-37(30)32(28)39)36-22-19-26-17-12-13-18-27(26)24-36/h12-13,15-18,21,23H,3-11,14,19-20,22,24H2,1-2H3. The maximum absolute atomic E-state index is 13.9. The minimum atomic E-state index is -0.169. The van der Waals surface area contributed by atoms with Crippen LogP contribution in [0.5, 0.6) is 0 Å². The Bertz CT molecular complexity index is 1530. The van der Waals surface area contributed by atoms with Gasteiger partial charge in [-0.25, -0.2) is 4.98 Å². The predicted molar refractivity (Wildman–Crippen MR) is 179 cm³/mol. The molecule has 3 aromatic rings. The van der Waals surface area contributed by atoms with E-state index in [-0.39, 0.29) is 11.5 Å². The normalized spacial score (nSPS) is 16.2. The van der Waals surface area contributed by atoms with Gasteiger partial charge >= 0.3 is 0 Å². The van der Waals surface area contributed by atoms with E-state index in [1.165, 1.54) is 74.3 Å². The number of hydrogen-bond donors (Lipinski definition) is 0. The summed E-state index contributed by atoms with van der Waals surface area (Å²) in [5.41, 5.74) is 4.42. The SMILES string of the molecule is CCCCCCCCCCCCN1C(=O)C(=Cc2c(N3CCc4ccccc4C3)nc3c(C)cccn3c2=O)SC1=S. The molecule has 0 unspecified atom stereocenters. The summed E-state index contributed by atoms with van der Waals surface area (Å²) in [6, 6.07) is 12.3. The van der Waals surface area contributed by atoms with Gasteiger partial charge in [0.15, 0.2) is 0 Å². The molecule has 42 heavy (non-hydrogen) atoms. The van der Waals surface area contributed by atoms with E-state index in [2.05, 4.69) is 36.1 Å². The molecule has 2 aromatic heterocycles. The van der Waals surface area contributed by atoms with Gasteiger partial charge in [-0.3, -0.25) is 18.9 Å². The van der Waals surface area contributed by atoms with Gasteiger partial charge in [0.2, 0.25) is 0 Å². The zero-order valence-electron chi connectivity index (χ0n) is 24.9. The van der Waals surface area contributed by atoms with Crippen LogP contribution in [-0.4, -0.2) is 37.6 Å². The van der Waals surface area contributed by atoms with Crippen molar-refractivity contribution in [3.8, 4) is 0 Å². The lowest BCUT2D eigenvalue weighted by atomic mass is 9.99. The van der Waals surface area contributed by atoms with Crippen molar-refractivity contribution in [1.82, 2.24) is 14.3 Å². The van der Waals surface area contributed by atoms with Crippen molar-refractivity contribution < 1.29 is 4.79 Å². The molecule has 222 valence electrons. The molecule has 1 fully saturated rings. The molecule has 0 spiro atoms. The highest BCUT2D eigenvalue weighted by Gasteiger charge is 2.33. The van der Waals surface area contributed by atoms with Crippen LogP contribution in [0.2, 0.25) is 0 Å². The third-order valence-corrected chi connectivity index (χ3v) is 9.76. The van der Waals surface area contributed by atoms with Crippen molar-refractivity contribution >= 4 is 51.7 Å². The lowest BCUT2D eigenvalue weighted by Crippen LogP contribution is -2.34. The number of pyridine rings is 1. The molecule has 0 N–H and O–H groups in total. The van der Waals surface area contributed by atoms with Crippen LogP contribution in [0.3, 0.4) is 0 Å². The first-order valence-corrected chi connectivity index (χ1v) is 16.8. The van der Waals surface area contributed by atoms with Crippen LogP contribution in [0.4, 0.5) is 5.82 Å². The second kappa shape index (κ2) is 14.5. The molecule has 2 aliphatic heterocycles. The highest BCUT2D eigenvalue weighted by Crippen LogP contribution is 2.34. The largest absolute Gasteiger partial charge is 0.351 e. The van der Waals surface area contributed by atoms with Gasteiger partial charge in [-0.1, -0.05) is 119 Å². The Morgan fingerprint density at radius 2 is 1.62 bits per heavy atom. The molecule has 0 radical (unpaired) electrons. The Labute approximate surface area is 259 Å². The van der Waals surface area contributed by atoms with E-state index in [4.69, 9.17) is 17.2 Å². The summed E-state index contributed by atoms with van der Waals surface area (Å²) in [5.74, 6) is 0.522. The summed E-state index contributed by atoms with van der Waals surface area (Å²) >= 11 is 6.92. The van der Waals surface area contributed by atoms with E-state index in [1.54, 1.807) is 21.6 Å².